The van der Waals surface area contributed by atoms with E-state index in [0.717, 1.165) is 29.2 Å². The first-order chi connectivity index (χ1) is 11.1. The molecule has 0 aliphatic carbocycles. The van der Waals surface area contributed by atoms with Gasteiger partial charge in [-0.3, -0.25) is 4.79 Å². The summed E-state index contributed by atoms with van der Waals surface area (Å²) in [5.74, 6) is 0.0212. The lowest BCUT2D eigenvalue weighted by atomic mass is 10.1. The van der Waals surface area contributed by atoms with Crippen LogP contribution >= 0.6 is 11.3 Å². The Labute approximate surface area is 142 Å². The molecule has 0 bridgehead atoms. The van der Waals surface area contributed by atoms with Crippen molar-refractivity contribution < 1.29 is 4.79 Å². The van der Waals surface area contributed by atoms with Crippen molar-refractivity contribution in [3.05, 3.63) is 40.9 Å². The number of aryl methyl sites for hydroxylation is 1. The first kappa shape index (κ1) is 17.6. The zero-order valence-electron chi connectivity index (χ0n) is 14.1. The molecule has 0 radical (unpaired) electrons. The van der Waals surface area contributed by atoms with Crippen LogP contribution in [0.5, 0.6) is 0 Å². The summed E-state index contributed by atoms with van der Waals surface area (Å²) in [6, 6.07) is 8.74. The van der Waals surface area contributed by atoms with Crippen molar-refractivity contribution in [3.8, 4) is 10.6 Å². The summed E-state index contributed by atoms with van der Waals surface area (Å²) in [6.45, 7) is 7.81. The number of carbonyl (C=O) groups excluding carboxylic acids is 1. The average Bonchev–Trinajstić information content (AvgIpc) is 3.02. The minimum atomic E-state index is 0.0212. The molecule has 0 unspecified atom stereocenters. The molecule has 124 valence electrons. The summed E-state index contributed by atoms with van der Waals surface area (Å²) in [5, 5.41) is 9.15. The van der Waals surface area contributed by atoms with Gasteiger partial charge in [-0.25, -0.2) is 4.98 Å². The number of likely N-dealkylation sites (N-methyl/N-ethyl adjacent to an activating group) is 1. The Hall–Kier alpha value is -1.72. The van der Waals surface area contributed by atoms with Crippen LogP contribution in [0.4, 0.5) is 0 Å². The lowest BCUT2D eigenvalue weighted by Crippen LogP contribution is -2.39. The second-order valence-electron chi connectivity index (χ2n) is 5.63. The van der Waals surface area contributed by atoms with Crippen molar-refractivity contribution in [1.82, 2.24) is 15.6 Å². The highest BCUT2D eigenvalue weighted by Gasteiger charge is 2.10. The van der Waals surface area contributed by atoms with Gasteiger partial charge in [0.2, 0.25) is 5.91 Å². The summed E-state index contributed by atoms with van der Waals surface area (Å²) in [5.41, 5.74) is 3.26. The molecular weight excluding hydrogens is 306 g/mol. The predicted octanol–water partition coefficient (Wildman–Crippen LogP) is 3.03. The van der Waals surface area contributed by atoms with Gasteiger partial charge in [0.25, 0.3) is 0 Å². The topological polar surface area (TPSA) is 54.0 Å². The number of hydrogen-bond donors (Lipinski definition) is 2. The molecule has 4 nitrogen and oxygen atoms in total. The van der Waals surface area contributed by atoms with E-state index >= 15 is 0 Å². The van der Waals surface area contributed by atoms with Crippen LogP contribution in [0, 0.1) is 0 Å². The van der Waals surface area contributed by atoms with E-state index in [1.807, 2.05) is 5.38 Å². The van der Waals surface area contributed by atoms with Gasteiger partial charge in [0, 0.05) is 23.5 Å². The summed E-state index contributed by atoms with van der Waals surface area (Å²) in [7, 11) is 0. The third kappa shape index (κ3) is 5.44. The van der Waals surface area contributed by atoms with E-state index in [0.29, 0.717) is 13.0 Å². The molecule has 0 spiro atoms. The number of nitrogens with one attached hydrogen (secondary N) is 2. The third-order valence-corrected chi connectivity index (χ3v) is 4.60. The molecule has 1 aromatic heterocycles. The highest BCUT2D eigenvalue weighted by atomic mass is 32.1. The number of benzene rings is 1. The Morgan fingerprint density at radius 1 is 1.26 bits per heavy atom. The molecule has 2 aromatic rings. The molecule has 0 aliphatic heterocycles. The van der Waals surface area contributed by atoms with Gasteiger partial charge < -0.3 is 10.6 Å². The van der Waals surface area contributed by atoms with E-state index in [-0.39, 0.29) is 11.9 Å². The van der Waals surface area contributed by atoms with Crippen molar-refractivity contribution in [2.75, 3.05) is 13.1 Å². The fraction of sp³-hybridized carbons (Fsp3) is 0.444. The lowest BCUT2D eigenvalue weighted by molar-refractivity contribution is -0.120. The summed E-state index contributed by atoms with van der Waals surface area (Å²) >= 11 is 1.59. The van der Waals surface area contributed by atoms with Crippen molar-refractivity contribution >= 4 is 17.2 Å². The number of rotatable bonds is 8. The second-order valence-corrected chi connectivity index (χ2v) is 6.49. The highest BCUT2D eigenvalue weighted by molar-refractivity contribution is 7.13. The van der Waals surface area contributed by atoms with Crippen LogP contribution in [-0.2, 0) is 17.6 Å². The number of hydrogen-bond acceptors (Lipinski definition) is 4. The maximum Gasteiger partial charge on any atom is 0.226 e. The number of thiazole rings is 1. The molecule has 0 saturated heterocycles. The van der Waals surface area contributed by atoms with Crippen molar-refractivity contribution in [2.24, 2.45) is 0 Å². The third-order valence-electron chi connectivity index (χ3n) is 3.66. The number of carbonyl (C=O) groups is 1. The van der Waals surface area contributed by atoms with Crippen LogP contribution < -0.4 is 10.6 Å². The molecule has 0 saturated carbocycles. The van der Waals surface area contributed by atoms with Gasteiger partial charge in [0.1, 0.15) is 5.01 Å². The highest BCUT2D eigenvalue weighted by Crippen LogP contribution is 2.24. The first-order valence-electron chi connectivity index (χ1n) is 8.16. The van der Waals surface area contributed by atoms with Gasteiger partial charge in [0.05, 0.1) is 12.1 Å². The molecule has 1 atom stereocenters. The number of aromatic nitrogens is 1. The van der Waals surface area contributed by atoms with E-state index in [2.05, 4.69) is 60.7 Å². The molecule has 1 heterocycles. The molecule has 0 fully saturated rings. The average molecular weight is 331 g/mol. The minimum absolute atomic E-state index is 0.0212. The monoisotopic (exact) mass is 331 g/mol. The zero-order valence-corrected chi connectivity index (χ0v) is 14.9. The predicted molar refractivity (Wildman–Crippen MR) is 96.8 cm³/mol. The van der Waals surface area contributed by atoms with E-state index in [1.54, 1.807) is 11.3 Å². The Bertz CT molecular complexity index is 621. The summed E-state index contributed by atoms with van der Waals surface area (Å²) in [6.07, 6.45) is 1.37. The zero-order chi connectivity index (χ0) is 16.7. The van der Waals surface area contributed by atoms with E-state index in [4.69, 9.17) is 0 Å². The van der Waals surface area contributed by atoms with Crippen LogP contribution in [0.15, 0.2) is 29.6 Å². The van der Waals surface area contributed by atoms with Gasteiger partial charge in [0.15, 0.2) is 0 Å². The summed E-state index contributed by atoms with van der Waals surface area (Å²) in [4.78, 5) is 16.6. The SMILES string of the molecule is CCN[C@H](C)CNC(=O)Cc1csc(-c2ccc(CC)cc2)n1. The van der Waals surface area contributed by atoms with Crippen LogP contribution in [0.1, 0.15) is 32.0 Å². The van der Waals surface area contributed by atoms with Crippen molar-refractivity contribution in [1.29, 1.82) is 0 Å². The van der Waals surface area contributed by atoms with Crippen LogP contribution in [0.25, 0.3) is 10.6 Å². The first-order valence-corrected chi connectivity index (χ1v) is 9.04. The van der Waals surface area contributed by atoms with Crippen molar-refractivity contribution in [3.63, 3.8) is 0 Å². The Morgan fingerprint density at radius 3 is 2.65 bits per heavy atom. The molecule has 1 aromatic carbocycles. The van der Waals surface area contributed by atoms with Crippen LogP contribution in [0.2, 0.25) is 0 Å². The van der Waals surface area contributed by atoms with Gasteiger partial charge in [-0.15, -0.1) is 11.3 Å². The molecule has 0 aliphatic rings. The largest absolute Gasteiger partial charge is 0.354 e. The maximum atomic E-state index is 12.0. The second kappa shape index (κ2) is 8.79. The lowest BCUT2D eigenvalue weighted by Gasteiger charge is -2.12. The molecule has 23 heavy (non-hydrogen) atoms. The van der Waals surface area contributed by atoms with Gasteiger partial charge in [-0.05, 0) is 25.5 Å². The minimum Gasteiger partial charge on any atom is -0.354 e. The molecular formula is C18H25N3OS. The molecule has 5 heteroatoms. The quantitative estimate of drug-likeness (QED) is 0.782. The van der Waals surface area contributed by atoms with E-state index in [9.17, 15) is 4.79 Å². The van der Waals surface area contributed by atoms with E-state index < -0.39 is 0 Å². The Morgan fingerprint density at radius 2 is 2.00 bits per heavy atom. The Kier molecular flexibility index (Phi) is 6.74. The summed E-state index contributed by atoms with van der Waals surface area (Å²) < 4.78 is 0. The van der Waals surface area contributed by atoms with Gasteiger partial charge in [-0.2, -0.15) is 0 Å². The van der Waals surface area contributed by atoms with Crippen molar-refractivity contribution in [2.45, 2.75) is 39.7 Å². The Balaban J connectivity index is 1.90. The van der Waals surface area contributed by atoms with Gasteiger partial charge >= 0.3 is 0 Å². The smallest absolute Gasteiger partial charge is 0.226 e. The molecule has 2 N–H and O–H groups in total. The fourth-order valence-corrected chi connectivity index (χ4v) is 3.14. The number of nitrogens with zero attached hydrogens (tertiary/aromatic N) is 1. The van der Waals surface area contributed by atoms with Crippen LogP contribution in [0.3, 0.4) is 0 Å². The van der Waals surface area contributed by atoms with E-state index in [1.165, 1.54) is 5.56 Å². The standard InChI is InChI=1S/C18H25N3OS/c1-4-14-6-8-15(9-7-14)18-21-16(12-23-18)10-17(22)20-11-13(3)19-5-2/h6-9,12-13,19H,4-5,10-11H2,1-3H3,(H,20,22)/t13-/m1/s1. The van der Waals surface area contributed by atoms with Crippen LogP contribution in [-0.4, -0.2) is 30.0 Å². The molecule has 2 rings (SSSR count). The molecule has 1 amide bonds. The van der Waals surface area contributed by atoms with Gasteiger partial charge in [-0.1, -0.05) is 38.1 Å². The fourth-order valence-electron chi connectivity index (χ4n) is 2.32. The normalized spacial score (nSPS) is 12.1. The number of amides is 1. The maximum absolute atomic E-state index is 12.0.